The first-order valence-corrected chi connectivity index (χ1v) is 5.17. The van der Waals surface area contributed by atoms with Crippen molar-refractivity contribution in [1.29, 1.82) is 0 Å². The number of ether oxygens (including phenoxy) is 1. The van der Waals surface area contributed by atoms with Gasteiger partial charge in [0.25, 0.3) is 0 Å². The van der Waals surface area contributed by atoms with Gasteiger partial charge in [0, 0.05) is 18.8 Å². The van der Waals surface area contributed by atoms with Crippen molar-refractivity contribution >= 4 is 5.78 Å². The quantitative estimate of drug-likeness (QED) is 0.741. The van der Waals surface area contributed by atoms with Crippen molar-refractivity contribution in [2.75, 3.05) is 0 Å². The maximum absolute atomic E-state index is 11.5. The van der Waals surface area contributed by atoms with E-state index in [0.29, 0.717) is 6.42 Å². The van der Waals surface area contributed by atoms with Crippen molar-refractivity contribution < 1.29 is 9.53 Å². The van der Waals surface area contributed by atoms with E-state index in [-0.39, 0.29) is 23.5 Å². The highest BCUT2D eigenvalue weighted by Gasteiger charge is 2.44. The second-order valence-corrected chi connectivity index (χ2v) is 4.87. The fraction of sp³-hybridized carbons (Fsp3) is 0.636. The van der Waals surface area contributed by atoms with Crippen molar-refractivity contribution in [2.45, 2.75) is 44.9 Å². The summed E-state index contributed by atoms with van der Waals surface area (Å²) in [5, 5.41) is 4.08. The molecule has 1 aromatic heterocycles. The number of aromatic nitrogens is 2. The number of rotatable bonds is 2. The Kier molecular flexibility index (Phi) is 2.38. The van der Waals surface area contributed by atoms with Crippen LogP contribution in [0.15, 0.2) is 18.5 Å². The van der Waals surface area contributed by atoms with Crippen molar-refractivity contribution in [1.82, 2.24) is 9.78 Å². The summed E-state index contributed by atoms with van der Waals surface area (Å²) in [6.07, 6.45) is 3.96. The second kappa shape index (κ2) is 3.45. The molecule has 0 N–H and O–H groups in total. The van der Waals surface area contributed by atoms with Gasteiger partial charge in [0.1, 0.15) is 6.04 Å². The maximum atomic E-state index is 11.5. The SMILES string of the molecule is CC(C)(C)O[C@H]1CC(=O)[C@@H]1n1cccn1. The van der Waals surface area contributed by atoms with Crippen LogP contribution in [0, 0.1) is 0 Å². The number of carbonyl (C=O) groups is 1. The summed E-state index contributed by atoms with van der Waals surface area (Å²) in [5.74, 6) is 0.202. The molecule has 0 unspecified atom stereocenters. The zero-order valence-electron chi connectivity index (χ0n) is 9.30. The zero-order chi connectivity index (χ0) is 11.1. The summed E-state index contributed by atoms with van der Waals surface area (Å²) in [6.45, 7) is 5.99. The van der Waals surface area contributed by atoms with Gasteiger partial charge in [0.2, 0.25) is 0 Å². The molecule has 2 atom stereocenters. The number of hydrogen-bond donors (Lipinski definition) is 0. The van der Waals surface area contributed by atoms with Crippen LogP contribution in [0.1, 0.15) is 33.2 Å². The average Bonchev–Trinajstić information content (AvgIpc) is 2.53. The molecule has 1 fully saturated rings. The molecule has 4 heteroatoms. The van der Waals surface area contributed by atoms with E-state index in [1.54, 1.807) is 17.1 Å². The molecule has 0 bridgehead atoms. The topological polar surface area (TPSA) is 44.1 Å². The Morgan fingerprint density at radius 2 is 2.27 bits per heavy atom. The summed E-state index contributed by atoms with van der Waals surface area (Å²) in [5.41, 5.74) is -0.212. The molecule has 1 aromatic rings. The van der Waals surface area contributed by atoms with Gasteiger partial charge in [-0.05, 0) is 26.8 Å². The number of carbonyl (C=O) groups excluding carboxylic acids is 1. The molecule has 1 heterocycles. The van der Waals surface area contributed by atoms with E-state index in [4.69, 9.17) is 4.74 Å². The monoisotopic (exact) mass is 208 g/mol. The largest absolute Gasteiger partial charge is 0.369 e. The Morgan fingerprint density at radius 1 is 1.53 bits per heavy atom. The Hall–Kier alpha value is -1.16. The Morgan fingerprint density at radius 3 is 2.73 bits per heavy atom. The molecule has 0 aliphatic heterocycles. The molecule has 0 amide bonds. The molecule has 0 aromatic carbocycles. The molecule has 15 heavy (non-hydrogen) atoms. The van der Waals surface area contributed by atoms with Gasteiger partial charge in [-0.3, -0.25) is 9.48 Å². The molecule has 0 radical (unpaired) electrons. The summed E-state index contributed by atoms with van der Waals surface area (Å²) >= 11 is 0. The minimum atomic E-state index is -0.223. The maximum Gasteiger partial charge on any atom is 0.162 e. The molecule has 0 saturated heterocycles. The predicted octanol–water partition coefficient (Wildman–Crippen LogP) is 1.58. The van der Waals surface area contributed by atoms with E-state index in [1.807, 2.05) is 26.8 Å². The van der Waals surface area contributed by atoms with E-state index in [2.05, 4.69) is 5.10 Å². The van der Waals surface area contributed by atoms with Crippen molar-refractivity contribution in [2.24, 2.45) is 0 Å². The van der Waals surface area contributed by atoms with Crippen molar-refractivity contribution in [3.8, 4) is 0 Å². The highest BCUT2D eigenvalue weighted by Crippen LogP contribution is 2.33. The van der Waals surface area contributed by atoms with Gasteiger partial charge in [-0.2, -0.15) is 5.10 Å². The van der Waals surface area contributed by atoms with Gasteiger partial charge in [-0.25, -0.2) is 0 Å². The average molecular weight is 208 g/mol. The van der Waals surface area contributed by atoms with Crippen molar-refractivity contribution in [3.05, 3.63) is 18.5 Å². The van der Waals surface area contributed by atoms with Crippen LogP contribution in [0.25, 0.3) is 0 Å². The van der Waals surface area contributed by atoms with Crippen LogP contribution in [0.4, 0.5) is 0 Å². The van der Waals surface area contributed by atoms with Crippen LogP contribution in [0.2, 0.25) is 0 Å². The highest BCUT2D eigenvalue weighted by atomic mass is 16.5. The fourth-order valence-corrected chi connectivity index (χ4v) is 1.80. The lowest BCUT2D eigenvalue weighted by molar-refractivity contribution is -0.157. The summed E-state index contributed by atoms with van der Waals surface area (Å²) in [4.78, 5) is 11.5. The van der Waals surface area contributed by atoms with Crippen LogP contribution < -0.4 is 0 Å². The predicted molar refractivity (Wildman–Crippen MR) is 55.5 cm³/mol. The molecule has 2 rings (SSSR count). The van der Waals surface area contributed by atoms with Gasteiger partial charge in [0.05, 0.1) is 11.7 Å². The van der Waals surface area contributed by atoms with E-state index in [1.165, 1.54) is 0 Å². The van der Waals surface area contributed by atoms with Gasteiger partial charge < -0.3 is 4.74 Å². The third-order valence-electron chi connectivity index (χ3n) is 2.40. The third-order valence-corrected chi connectivity index (χ3v) is 2.40. The highest BCUT2D eigenvalue weighted by molar-refractivity contribution is 5.89. The smallest absolute Gasteiger partial charge is 0.162 e. The number of ketones is 1. The Labute approximate surface area is 89.2 Å². The van der Waals surface area contributed by atoms with Gasteiger partial charge in [0.15, 0.2) is 5.78 Å². The van der Waals surface area contributed by atoms with Gasteiger partial charge in [-0.1, -0.05) is 0 Å². The Balaban J connectivity index is 2.08. The number of hydrogen-bond acceptors (Lipinski definition) is 3. The molecule has 0 spiro atoms. The third kappa shape index (κ3) is 2.09. The second-order valence-electron chi connectivity index (χ2n) is 4.87. The summed E-state index contributed by atoms with van der Waals surface area (Å²) in [6, 6.07) is 1.60. The lowest BCUT2D eigenvalue weighted by Crippen LogP contribution is -2.48. The van der Waals surface area contributed by atoms with E-state index >= 15 is 0 Å². The van der Waals surface area contributed by atoms with Crippen LogP contribution in [0.5, 0.6) is 0 Å². The number of nitrogens with zero attached hydrogens (tertiary/aromatic N) is 2. The molecular formula is C11H16N2O2. The Bertz CT molecular complexity index is 351. The molecule has 4 nitrogen and oxygen atoms in total. The van der Waals surface area contributed by atoms with E-state index in [0.717, 1.165) is 0 Å². The van der Waals surface area contributed by atoms with Crippen molar-refractivity contribution in [3.63, 3.8) is 0 Å². The van der Waals surface area contributed by atoms with E-state index < -0.39 is 0 Å². The lowest BCUT2D eigenvalue weighted by Gasteiger charge is -2.38. The minimum Gasteiger partial charge on any atom is -0.369 e. The first kappa shape index (κ1) is 10.4. The first-order chi connectivity index (χ1) is 6.97. The molecule has 1 saturated carbocycles. The fourth-order valence-electron chi connectivity index (χ4n) is 1.80. The molecular weight excluding hydrogens is 192 g/mol. The molecule has 1 aliphatic carbocycles. The van der Waals surface area contributed by atoms with Crippen LogP contribution in [-0.2, 0) is 9.53 Å². The molecule has 82 valence electrons. The lowest BCUT2D eigenvalue weighted by atomic mass is 9.87. The number of Topliss-reactive ketones (excluding diaryl/α,β-unsaturated/α-hetero) is 1. The van der Waals surface area contributed by atoms with Gasteiger partial charge >= 0.3 is 0 Å². The van der Waals surface area contributed by atoms with E-state index in [9.17, 15) is 4.79 Å². The van der Waals surface area contributed by atoms with Crippen LogP contribution in [-0.4, -0.2) is 27.3 Å². The zero-order valence-corrected chi connectivity index (χ0v) is 9.30. The summed E-state index contributed by atoms with van der Waals surface area (Å²) in [7, 11) is 0. The standard InChI is InChI=1S/C11H16N2O2/c1-11(2,3)15-9-7-8(14)10(9)13-6-4-5-12-13/h4-6,9-10H,7H2,1-3H3/t9-,10-/m0/s1. The van der Waals surface area contributed by atoms with Crippen LogP contribution in [0.3, 0.4) is 0 Å². The normalized spacial score (nSPS) is 26.5. The van der Waals surface area contributed by atoms with Crippen LogP contribution >= 0.6 is 0 Å². The minimum absolute atomic E-state index is 0.0302. The molecule has 1 aliphatic rings. The summed E-state index contributed by atoms with van der Waals surface area (Å²) < 4.78 is 7.48. The van der Waals surface area contributed by atoms with Gasteiger partial charge in [-0.15, -0.1) is 0 Å². The first-order valence-electron chi connectivity index (χ1n) is 5.17.